The van der Waals surface area contributed by atoms with Crippen LogP contribution >= 0.6 is 0 Å². The van der Waals surface area contributed by atoms with Crippen molar-refractivity contribution in [2.45, 2.75) is 33.1 Å². The van der Waals surface area contributed by atoms with E-state index in [0.29, 0.717) is 12.3 Å². The molecule has 4 heteroatoms. The van der Waals surface area contributed by atoms with E-state index in [0.717, 1.165) is 19.3 Å². The molecule has 3 nitrogen and oxygen atoms in total. The highest BCUT2D eigenvalue weighted by molar-refractivity contribution is 5.80. The average molecular weight is 253 g/mol. The highest BCUT2D eigenvalue weighted by Gasteiger charge is 2.05. The average Bonchev–Trinajstić information content (AvgIpc) is 2.34. The standard InChI is InChI=1S/C14H20FNO2/c1-3-4-5-8-18-14-7-6-12(9-13(14)15)16-10-11(2)17/h6-7,9,16H,3-5,8,10H2,1-2H3. The highest BCUT2D eigenvalue weighted by atomic mass is 19.1. The SMILES string of the molecule is CCCCCOc1ccc(NCC(C)=O)cc1F. The third-order valence-electron chi connectivity index (χ3n) is 2.48. The van der Waals surface area contributed by atoms with Gasteiger partial charge in [0.15, 0.2) is 11.6 Å². The summed E-state index contributed by atoms with van der Waals surface area (Å²) in [4.78, 5) is 10.8. The van der Waals surface area contributed by atoms with Crippen LogP contribution in [-0.2, 0) is 4.79 Å². The Bertz CT molecular complexity index is 393. The van der Waals surface area contributed by atoms with Crippen molar-refractivity contribution in [2.24, 2.45) is 0 Å². The van der Waals surface area contributed by atoms with Gasteiger partial charge in [-0.1, -0.05) is 19.8 Å². The van der Waals surface area contributed by atoms with Crippen LogP contribution in [0.25, 0.3) is 0 Å². The third kappa shape index (κ3) is 5.17. The monoisotopic (exact) mass is 253 g/mol. The van der Waals surface area contributed by atoms with E-state index < -0.39 is 5.82 Å². The maximum Gasteiger partial charge on any atom is 0.167 e. The van der Waals surface area contributed by atoms with Gasteiger partial charge in [0.25, 0.3) is 0 Å². The van der Waals surface area contributed by atoms with E-state index in [1.165, 1.54) is 13.0 Å². The van der Waals surface area contributed by atoms with E-state index in [1.807, 2.05) is 0 Å². The van der Waals surface area contributed by atoms with E-state index in [2.05, 4.69) is 12.2 Å². The number of hydrogen-bond acceptors (Lipinski definition) is 3. The molecule has 1 rings (SSSR count). The van der Waals surface area contributed by atoms with Crippen LogP contribution in [0.2, 0.25) is 0 Å². The summed E-state index contributed by atoms with van der Waals surface area (Å²) in [6.45, 7) is 4.33. The number of unbranched alkanes of at least 4 members (excludes halogenated alkanes) is 2. The number of benzene rings is 1. The minimum absolute atomic E-state index is 0.00954. The van der Waals surface area contributed by atoms with Gasteiger partial charge in [-0.3, -0.25) is 4.79 Å². The van der Waals surface area contributed by atoms with Crippen LogP contribution in [0.4, 0.5) is 10.1 Å². The summed E-state index contributed by atoms with van der Waals surface area (Å²) in [5, 5.41) is 2.84. The van der Waals surface area contributed by atoms with Crippen molar-refractivity contribution in [2.75, 3.05) is 18.5 Å². The molecule has 0 fully saturated rings. The summed E-state index contributed by atoms with van der Waals surface area (Å²) in [5.74, 6) is -0.130. The van der Waals surface area contributed by atoms with E-state index in [1.54, 1.807) is 12.1 Å². The third-order valence-corrected chi connectivity index (χ3v) is 2.48. The smallest absolute Gasteiger partial charge is 0.167 e. The van der Waals surface area contributed by atoms with Gasteiger partial charge in [-0.25, -0.2) is 4.39 Å². The molecule has 1 N–H and O–H groups in total. The molecule has 0 atom stereocenters. The van der Waals surface area contributed by atoms with Crippen LogP contribution in [0.15, 0.2) is 18.2 Å². The predicted octanol–water partition coefficient (Wildman–Crippen LogP) is 3.40. The van der Waals surface area contributed by atoms with E-state index in [9.17, 15) is 9.18 Å². The van der Waals surface area contributed by atoms with Crippen LogP contribution in [0.5, 0.6) is 5.75 Å². The number of ketones is 1. The summed E-state index contributed by atoms with van der Waals surface area (Å²) in [6.07, 6.45) is 3.12. The molecule has 100 valence electrons. The number of nitrogens with one attached hydrogen (secondary N) is 1. The molecule has 0 bridgehead atoms. The van der Waals surface area contributed by atoms with Crippen molar-refractivity contribution in [1.82, 2.24) is 0 Å². The second-order valence-corrected chi connectivity index (χ2v) is 4.26. The summed E-state index contributed by atoms with van der Waals surface area (Å²) in [5.41, 5.74) is 0.587. The number of anilines is 1. The van der Waals surface area contributed by atoms with Crippen LogP contribution in [-0.4, -0.2) is 18.9 Å². The lowest BCUT2D eigenvalue weighted by atomic mass is 10.2. The van der Waals surface area contributed by atoms with Crippen molar-refractivity contribution >= 4 is 11.5 Å². The van der Waals surface area contributed by atoms with E-state index in [4.69, 9.17) is 4.74 Å². The quantitative estimate of drug-likeness (QED) is 0.722. The van der Waals surface area contributed by atoms with Gasteiger partial charge in [0.2, 0.25) is 0 Å². The zero-order valence-corrected chi connectivity index (χ0v) is 11.0. The van der Waals surface area contributed by atoms with Gasteiger partial charge in [-0.2, -0.15) is 0 Å². The maximum absolute atomic E-state index is 13.6. The minimum Gasteiger partial charge on any atom is -0.491 e. The molecule has 0 unspecified atom stereocenters. The maximum atomic E-state index is 13.6. The van der Waals surface area contributed by atoms with Crippen LogP contribution < -0.4 is 10.1 Å². The van der Waals surface area contributed by atoms with Crippen molar-refractivity contribution in [3.05, 3.63) is 24.0 Å². The van der Waals surface area contributed by atoms with Crippen LogP contribution in [0, 0.1) is 5.82 Å². The molecule has 1 aromatic rings. The molecule has 18 heavy (non-hydrogen) atoms. The molecule has 1 aromatic carbocycles. The first-order valence-electron chi connectivity index (χ1n) is 6.29. The van der Waals surface area contributed by atoms with Gasteiger partial charge in [0, 0.05) is 11.8 Å². The molecule has 0 aromatic heterocycles. The number of halogens is 1. The molecule has 0 saturated carbocycles. The van der Waals surface area contributed by atoms with Crippen LogP contribution in [0.3, 0.4) is 0 Å². The fraction of sp³-hybridized carbons (Fsp3) is 0.500. The van der Waals surface area contributed by atoms with Gasteiger partial charge >= 0.3 is 0 Å². The summed E-state index contributed by atoms with van der Waals surface area (Å²) in [7, 11) is 0. The normalized spacial score (nSPS) is 10.2. The molecule has 0 aliphatic heterocycles. The Morgan fingerprint density at radius 2 is 2.17 bits per heavy atom. The van der Waals surface area contributed by atoms with E-state index >= 15 is 0 Å². The molecule has 0 heterocycles. The lowest BCUT2D eigenvalue weighted by Crippen LogP contribution is -2.10. The van der Waals surface area contributed by atoms with Crippen molar-refractivity contribution in [3.63, 3.8) is 0 Å². The Morgan fingerprint density at radius 1 is 1.39 bits per heavy atom. The number of carbonyl (C=O) groups excluding carboxylic acids is 1. The molecule has 0 aliphatic carbocycles. The van der Waals surface area contributed by atoms with Crippen molar-refractivity contribution in [1.29, 1.82) is 0 Å². The summed E-state index contributed by atoms with van der Waals surface area (Å²) in [6, 6.07) is 4.64. The van der Waals surface area contributed by atoms with E-state index in [-0.39, 0.29) is 18.1 Å². The Kier molecular flexibility index (Phi) is 6.19. The Labute approximate surface area is 107 Å². The fourth-order valence-corrected chi connectivity index (χ4v) is 1.49. The van der Waals surface area contributed by atoms with Gasteiger partial charge in [-0.15, -0.1) is 0 Å². The molecule has 0 spiro atoms. The zero-order chi connectivity index (χ0) is 13.4. The molecule has 0 saturated heterocycles. The van der Waals surface area contributed by atoms with Crippen LogP contribution in [0.1, 0.15) is 33.1 Å². The summed E-state index contributed by atoms with van der Waals surface area (Å²) < 4.78 is 19.0. The predicted molar refractivity (Wildman–Crippen MR) is 70.6 cm³/mol. The van der Waals surface area contributed by atoms with Gasteiger partial charge in [0.1, 0.15) is 5.78 Å². The van der Waals surface area contributed by atoms with Crippen molar-refractivity contribution in [3.8, 4) is 5.75 Å². The Hall–Kier alpha value is -1.58. The lowest BCUT2D eigenvalue weighted by Gasteiger charge is -2.09. The first-order valence-corrected chi connectivity index (χ1v) is 6.29. The number of ether oxygens (including phenoxy) is 1. The minimum atomic E-state index is -0.403. The topological polar surface area (TPSA) is 38.3 Å². The fourth-order valence-electron chi connectivity index (χ4n) is 1.49. The number of rotatable bonds is 8. The number of Topliss-reactive ketones (excluding diaryl/α,β-unsaturated/α-hetero) is 1. The second kappa shape index (κ2) is 7.69. The highest BCUT2D eigenvalue weighted by Crippen LogP contribution is 2.21. The molecule has 0 aliphatic rings. The second-order valence-electron chi connectivity index (χ2n) is 4.26. The Balaban J connectivity index is 2.48. The lowest BCUT2D eigenvalue weighted by molar-refractivity contribution is -0.115. The largest absolute Gasteiger partial charge is 0.491 e. The molecular weight excluding hydrogens is 233 g/mol. The first-order chi connectivity index (χ1) is 8.63. The zero-order valence-electron chi connectivity index (χ0n) is 11.0. The number of carbonyl (C=O) groups is 1. The molecule has 0 amide bonds. The molecule has 0 radical (unpaired) electrons. The van der Waals surface area contributed by atoms with Gasteiger partial charge in [0.05, 0.1) is 13.2 Å². The molecular formula is C14H20FNO2. The first kappa shape index (κ1) is 14.5. The number of hydrogen-bond donors (Lipinski definition) is 1. The van der Waals surface area contributed by atoms with Crippen molar-refractivity contribution < 1.29 is 13.9 Å². The Morgan fingerprint density at radius 3 is 2.78 bits per heavy atom. The van der Waals surface area contributed by atoms with Gasteiger partial charge in [-0.05, 0) is 25.5 Å². The van der Waals surface area contributed by atoms with Gasteiger partial charge < -0.3 is 10.1 Å². The summed E-state index contributed by atoms with van der Waals surface area (Å²) >= 11 is 0.